The van der Waals surface area contributed by atoms with E-state index >= 15 is 0 Å². The fourth-order valence-corrected chi connectivity index (χ4v) is 2.00. The first-order valence-electron chi connectivity index (χ1n) is 5.64. The van der Waals surface area contributed by atoms with E-state index in [1.165, 1.54) is 20.4 Å². The van der Waals surface area contributed by atoms with Gasteiger partial charge in [-0.1, -0.05) is 6.07 Å². The lowest BCUT2D eigenvalue weighted by Crippen LogP contribution is -2.24. The van der Waals surface area contributed by atoms with E-state index in [0.717, 1.165) is 0 Å². The number of ketones is 2. The van der Waals surface area contributed by atoms with Crippen molar-refractivity contribution in [2.45, 2.75) is 6.92 Å². The molecule has 1 aliphatic carbocycles. The van der Waals surface area contributed by atoms with Gasteiger partial charge in [-0.2, -0.15) is 0 Å². The Balaban J connectivity index is 2.61. The zero-order valence-electron chi connectivity index (χ0n) is 10.9. The number of hydrogen-bond donors (Lipinski definition) is 0. The summed E-state index contributed by atoms with van der Waals surface area (Å²) in [7, 11) is 2.67. The Kier molecular flexibility index (Phi) is 3.46. The summed E-state index contributed by atoms with van der Waals surface area (Å²) in [5.74, 6) is -0.850. The van der Waals surface area contributed by atoms with Crippen LogP contribution in [0.25, 0.3) is 5.57 Å². The van der Waals surface area contributed by atoms with Crippen LogP contribution in [-0.2, 0) is 19.1 Å². The van der Waals surface area contributed by atoms with E-state index < -0.39 is 0 Å². The summed E-state index contributed by atoms with van der Waals surface area (Å²) in [5.41, 5.74) is 1.22. The van der Waals surface area contributed by atoms with Gasteiger partial charge in [0, 0.05) is 29.1 Å². The molecule has 98 valence electrons. The molecule has 1 aromatic heterocycles. The largest absolute Gasteiger partial charge is 0.489 e. The van der Waals surface area contributed by atoms with Crippen LogP contribution in [0.1, 0.15) is 12.5 Å². The molecule has 0 N–H and O–H groups in total. The summed E-state index contributed by atoms with van der Waals surface area (Å²) in [6.45, 7) is 1.59. The SMILES string of the molecule is COC1=C(OC)C(=O)C(c2cccnc2)=C(C)C1=O. The zero-order chi connectivity index (χ0) is 14.0. The van der Waals surface area contributed by atoms with Gasteiger partial charge in [-0.15, -0.1) is 0 Å². The van der Waals surface area contributed by atoms with Crippen molar-refractivity contribution in [3.63, 3.8) is 0 Å². The number of carbonyl (C=O) groups excluding carboxylic acids is 2. The van der Waals surface area contributed by atoms with Crippen LogP contribution >= 0.6 is 0 Å². The summed E-state index contributed by atoms with van der Waals surface area (Å²) in [6.07, 6.45) is 3.14. The molecular weight excluding hydrogens is 246 g/mol. The lowest BCUT2D eigenvalue weighted by molar-refractivity contribution is -0.119. The Labute approximate surface area is 110 Å². The number of methoxy groups -OCH3 is 2. The van der Waals surface area contributed by atoms with Gasteiger partial charge in [-0.3, -0.25) is 14.6 Å². The van der Waals surface area contributed by atoms with Gasteiger partial charge in [-0.25, -0.2) is 0 Å². The molecule has 0 radical (unpaired) electrons. The van der Waals surface area contributed by atoms with Crippen LogP contribution in [0.3, 0.4) is 0 Å². The highest BCUT2D eigenvalue weighted by Crippen LogP contribution is 2.31. The van der Waals surface area contributed by atoms with Crippen LogP contribution in [0.4, 0.5) is 0 Å². The first kappa shape index (κ1) is 13.0. The van der Waals surface area contributed by atoms with E-state index in [2.05, 4.69) is 4.98 Å². The van der Waals surface area contributed by atoms with Gasteiger partial charge in [0.25, 0.3) is 0 Å². The average Bonchev–Trinajstić information content (AvgIpc) is 2.44. The number of Topliss-reactive ketones (excluding diaryl/α,β-unsaturated/α-hetero) is 2. The van der Waals surface area contributed by atoms with Crippen LogP contribution in [-0.4, -0.2) is 30.8 Å². The van der Waals surface area contributed by atoms with Gasteiger partial charge in [0.05, 0.1) is 14.2 Å². The minimum atomic E-state index is -0.371. The van der Waals surface area contributed by atoms with Gasteiger partial charge in [-0.05, 0) is 13.0 Å². The van der Waals surface area contributed by atoms with Gasteiger partial charge in [0.15, 0.2) is 0 Å². The quantitative estimate of drug-likeness (QED) is 0.770. The molecule has 0 bridgehead atoms. The van der Waals surface area contributed by atoms with E-state index in [-0.39, 0.29) is 23.1 Å². The summed E-state index contributed by atoms with van der Waals surface area (Å²) in [4.78, 5) is 28.5. The van der Waals surface area contributed by atoms with E-state index in [9.17, 15) is 9.59 Å². The maximum Gasteiger partial charge on any atom is 0.232 e. The fraction of sp³-hybridized carbons (Fsp3) is 0.214. The normalized spacial score (nSPS) is 15.9. The van der Waals surface area contributed by atoms with E-state index in [0.29, 0.717) is 16.7 Å². The van der Waals surface area contributed by atoms with E-state index in [4.69, 9.17) is 9.47 Å². The molecule has 0 unspecified atom stereocenters. The van der Waals surface area contributed by atoms with Gasteiger partial charge in [0.2, 0.25) is 23.1 Å². The second kappa shape index (κ2) is 5.06. The molecule has 1 aliphatic rings. The molecule has 0 saturated carbocycles. The van der Waals surface area contributed by atoms with Crippen molar-refractivity contribution in [3.05, 3.63) is 47.2 Å². The number of rotatable bonds is 3. The van der Waals surface area contributed by atoms with Crippen molar-refractivity contribution < 1.29 is 19.1 Å². The fourth-order valence-electron chi connectivity index (χ4n) is 2.00. The summed E-state index contributed by atoms with van der Waals surface area (Å²) in [5, 5.41) is 0. The van der Waals surface area contributed by atoms with E-state index in [1.54, 1.807) is 25.3 Å². The van der Waals surface area contributed by atoms with Crippen LogP contribution in [0, 0.1) is 0 Å². The molecule has 0 amide bonds. The van der Waals surface area contributed by atoms with Crippen LogP contribution in [0.5, 0.6) is 0 Å². The third-order valence-electron chi connectivity index (χ3n) is 2.92. The molecule has 0 fully saturated rings. The molecule has 1 aromatic rings. The van der Waals surface area contributed by atoms with Crippen molar-refractivity contribution in [1.82, 2.24) is 4.98 Å². The number of hydrogen-bond acceptors (Lipinski definition) is 5. The monoisotopic (exact) mass is 259 g/mol. The van der Waals surface area contributed by atoms with Crippen molar-refractivity contribution >= 4 is 17.1 Å². The second-order valence-electron chi connectivity index (χ2n) is 3.97. The topological polar surface area (TPSA) is 65.5 Å². The average molecular weight is 259 g/mol. The molecule has 0 aromatic carbocycles. The predicted molar refractivity (Wildman–Crippen MR) is 67.9 cm³/mol. The number of carbonyl (C=O) groups is 2. The Morgan fingerprint density at radius 3 is 2.21 bits per heavy atom. The van der Waals surface area contributed by atoms with Crippen molar-refractivity contribution in [2.75, 3.05) is 14.2 Å². The number of allylic oxidation sites excluding steroid dienone is 2. The van der Waals surface area contributed by atoms with Gasteiger partial charge >= 0.3 is 0 Å². The zero-order valence-corrected chi connectivity index (χ0v) is 10.9. The number of nitrogens with zero attached hydrogens (tertiary/aromatic N) is 1. The van der Waals surface area contributed by atoms with Crippen molar-refractivity contribution in [2.24, 2.45) is 0 Å². The molecule has 5 nitrogen and oxygen atoms in total. The Morgan fingerprint density at radius 2 is 1.68 bits per heavy atom. The van der Waals surface area contributed by atoms with Gasteiger partial charge in [0.1, 0.15) is 0 Å². The molecular formula is C14H13NO4. The Bertz CT molecular complexity index is 599. The van der Waals surface area contributed by atoms with Crippen LogP contribution in [0.15, 0.2) is 41.6 Å². The van der Waals surface area contributed by atoms with Crippen LogP contribution in [0.2, 0.25) is 0 Å². The first-order chi connectivity index (χ1) is 9.11. The number of aromatic nitrogens is 1. The minimum absolute atomic E-state index is 0.0577. The third-order valence-corrected chi connectivity index (χ3v) is 2.92. The molecule has 0 atom stereocenters. The highest BCUT2D eigenvalue weighted by atomic mass is 16.5. The summed E-state index contributed by atoms with van der Waals surface area (Å²) < 4.78 is 9.97. The Morgan fingerprint density at radius 1 is 1.05 bits per heavy atom. The van der Waals surface area contributed by atoms with Crippen molar-refractivity contribution in [1.29, 1.82) is 0 Å². The second-order valence-corrected chi connectivity index (χ2v) is 3.97. The lowest BCUT2D eigenvalue weighted by atomic mass is 9.89. The van der Waals surface area contributed by atoms with Crippen LogP contribution < -0.4 is 0 Å². The number of ether oxygens (including phenoxy) is 2. The standard InChI is InChI=1S/C14H13NO4/c1-8-10(9-5-4-6-15-7-9)12(17)14(19-3)13(18-2)11(8)16/h4-7H,1-3H3. The highest BCUT2D eigenvalue weighted by molar-refractivity contribution is 6.38. The maximum absolute atomic E-state index is 12.4. The molecule has 0 saturated heterocycles. The Hall–Kier alpha value is -2.43. The van der Waals surface area contributed by atoms with E-state index in [1.807, 2.05) is 0 Å². The molecule has 2 rings (SSSR count). The maximum atomic E-state index is 12.4. The smallest absolute Gasteiger partial charge is 0.232 e. The minimum Gasteiger partial charge on any atom is -0.489 e. The predicted octanol–water partition coefficient (Wildman–Crippen LogP) is 1.51. The molecule has 19 heavy (non-hydrogen) atoms. The van der Waals surface area contributed by atoms with Gasteiger partial charge < -0.3 is 9.47 Å². The molecule has 0 aliphatic heterocycles. The summed E-state index contributed by atoms with van der Waals surface area (Å²) in [6, 6.07) is 3.43. The first-order valence-corrected chi connectivity index (χ1v) is 5.64. The molecule has 5 heteroatoms. The highest BCUT2D eigenvalue weighted by Gasteiger charge is 2.35. The summed E-state index contributed by atoms with van der Waals surface area (Å²) >= 11 is 0. The number of pyridine rings is 1. The van der Waals surface area contributed by atoms with Crippen molar-refractivity contribution in [3.8, 4) is 0 Å². The molecule has 0 spiro atoms. The lowest BCUT2D eigenvalue weighted by Gasteiger charge is -2.20. The molecule has 1 heterocycles. The third kappa shape index (κ3) is 2.03.